The molecule has 0 amide bonds. The van der Waals surface area contributed by atoms with E-state index in [0.29, 0.717) is 11.0 Å². The summed E-state index contributed by atoms with van der Waals surface area (Å²) in [6.07, 6.45) is 1.33. The molecule has 2 rings (SSSR count). The SMILES string of the molecule is COC(=O)c1c[nH]c2nc(C)c(I)cc2c1=O. The van der Waals surface area contributed by atoms with E-state index in [1.165, 1.54) is 13.3 Å². The van der Waals surface area contributed by atoms with Gasteiger partial charge in [-0.15, -0.1) is 0 Å². The van der Waals surface area contributed by atoms with Gasteiger partial charge in [0.15, 0.2) is 0 Å². The van der Waals surface area contributed by atoms with E-state index in [4.69, 9.17) is 0 Å². The lowest BCUT2D eigenvalue weighted by Gasteiger charge is -2.03. The fraction of sp³-hybridized carbons (Fsp3) is 0.182. The fourth-order valence-electron chi connectivity index (χ4n) is 1.48. The van der Waals surface area contributed by atoms with Gasteiger partial charge in [-0.05, 0) is 35.6 Å². The third-order valence-corrected chi connectivity index (χ3v) is 3.49. The van der Waals surface area contributed by atoms with Crippen LogP contribution in [0.25, 0.3) is 11.0 Å². The van der Waals surface area contributed by atoms with Crippen LogP contribution in [0.1, 0.15) is 16.1 Å². The maximum Gasteiger partial charge on any atom is 0.343 e. The number of aryl methyl sites for hydroxylation is 1. The first kappa shape index (κ1) is 12.0. The Morgan fingerprint density at radius 1 is 1.53 bits per heavy atom. The van der Waals surface area contributed by atoms with Crippen molar-refractivity contribution in [3.63, 3.8) is 0 Å². The van der Waals surface area contributed by atoms with Crippen molar-refractivity contribution in [2.24, 2.45) is 0 Å². The molecule has 5 nitrogen and oxygen atoms in total. The molecule has 2 aromatic heterocycles. The third-order valence-electron chi connectivity index (χ3n) is 2.40. The highest BCUT2D eigenvalue weighted by Crippen LogP contribution is 2.14. The summed E-state index contributed by atoms with van der Waals surface area (Å²) < 4.78 is 5.42. The normalized spacial score (nSPS) is 10.5. The van der Waals surface area contributed by atoms with Gasteiger partial charge < -0.3 is 9.72 Å². The lowest BCUT2D eigenvalue weighted by Crippen LogP contribution is -2.17. The van der Waals surface area contributed by atoms with E-state index in [1.54, 1.807) is 6.07 Å². The fourth-order valence-corrected chi connectivity index (χ4v) is 1.91. The van der Waals surface area contributed by atoms with Crippen molar-refractivity contribution in [1.82, 2.24) is 9.97 Å². The molecular weight excluding hydrogens is 335 g/mol. The summed E-state index contributed by atoms with van der Waals surface area (Å²) in [5, 5.41) is 0.392. The average molecular weight is 344 g/mol. The molecule has 0 bridgehead atoms. The minimum atomic E-state index is -0.649. The predicted molar refractivity (Wildman–Crippen MR) is 71.2 cm³/mol. The molecule has 0 aliphatic heterocycles. The van der Waals surface area contributed by atoms with Crippen molar-refractivity contribution < 1.29 is 9.53 Å². The van der Waals surface area contributed by atoms with Gasteiger partial charge in [0.05, 0.1) is 18.2 Å². The molecule has 0 unspecified atom stereocenters. The van der Waals surface area contributed by atoms with Crippen molar-refractivity contribution in [2.75, 3.05) is 7.11 Å². The maximum absolute atomic E-state index is 12.0. The van der Waals surface area contributed by atoms with Crippen molar-refractivity contribution in [3.8, 4) is 0 Å². The number of nitrogens with one attached hydrogen (secondary N) is 1. The molecule has 88 valence electrons. The predicted octanol–water partition coefficient (Wildman–Crippen LogP) is 1.62. The van der Waals surface area contributed by atoms with Crippen LogP contribution in [0, 0.1) is 10.5 Å². The number of carbonyl (C=O) groups excluding carboxylic acids is 1. The monoisotopic (exact) mass is 344 g/mol. The van der Waals surface area contributed by atoms with E-state index in [2.05, 4.69) is 37.3 Å². The minimum absolute atomic E-state index is 0.0125. The van der Waals surface area contributed by atoms with Crippen LogP contribution >= 0.6 is 22.6 Å². The number of hydrogen-bond donors (Lipinski definition) is 1. The summed E-state index contributed by atoms with van der Waals surface area (Å²) in [7, 11) is 1.24. The van der Waals surface area contributed by atoms with Crippen LogP contribution in [-0.4, -0.2) is 23.0 Å². The van der Waals surface area contributed by atoms with E-state index in [-0.39, 0.29) is 11.0 Å². The molecule has 17 heavy (non-hydrogen) atoms. The maximum atomic E-state index is 12.0. The molecule has 0 aliphatic carbocycles. The van der Waals surface area contributed by atoms with Crippen molar-refractivity contribution in [1.29, 1.82) is 0 Å². The Balaban J connectivity index is 2.80. The summed E-state index contributed by atoms with van der Waals surface area (Å²) >= 11 is 2.10. The lowest BCUT2D eigenvalue weighted by atomic mass is 10.2. The van der Waals surface area contributed by atoms with Crippen LogP contribution in [0.3, 0.4) is 0 Å². The van der Waals surface area contributed by atoms with Gasteiger partial charge in [0.25, 0.3) is 0 Å². The number of carbonyl (C=O) groups is 1. The molecule has 0 spiro atoms. The van der Waals surface area contributed by atoms with Crippen LogP contribution in [0.5, 0.6) is 0 Å². The van der Waals surface area contributed by atoms with Crippen LogP contribution in [0.4, 0.5) is 0 Å². The molecule has 0 aromatic carbocycles. The van der Waals surface area contributed by atoms with Crippen molar-refractivity contribution in [3.05, 3.63) is 37.3 Å². The van der Waals surface area contributed by atoms with Gasteiger partial charge in [-0.2, -0.15) is 0 Å². The van der Waals surface area contributed by atoms with Crippen LogP contribution < -0.4 is 5.43 Å². The van der Waals surface area contributed by atoms with E-state index in [1.807, 2.05) is 6.92 Å². The Labute approximate surface area is 110 Å². The number of aromatic amines is 1. The highest BCUT2D eigenvalue weighted by molar-refractivity contribution is 14.1. The van der Waals surface area contributed by atoms with Gasteiger partial charge in [-0.3, -0.25) is 4.79 Å². The Morgan fingerprint density at radius 2 is 2.24 bits per heavy atom. The molecule has 0 saturated heterocycles. The van der Waals surface area contributed by atoms with Crippen molar-refractivity contribution in [2.45, 2.75) is 6.92 Å². The summed E-state index contributed by atoms with van der Waals surface area (Å²) in [5.74, 6) is -0.649. The molecule has 0 saturated carbocycles. The Bertz CT molecular complexity index is 664. The topological polar surface area (TPSA) is 72.1 Å². The highest BCUT2D eigenvalue weighted by atomic mass is 127. The molecule has 0 atom stereocenters. The van der Waals surface area contributed by atoms with Gasteiger partial charge in [-0.1, -0.05) is 0 Å². The number of H-pyrrole nitrogens is 1. The molecule has 0 aliphatic rings. The van der Waals surface area contributed by atoms with E-state index < -0.39 is 5.97 Å². The van der Waals surface area contributed by atoms with Crippen LogP contribution in [-0.2, 0) is 4.74 Å². The van der Waals surface area contributed by atoms with Gasteiger partial charge in [-0.25, -0.2) is 9.78 Å². The number of nitrogens with zero attached hydrogens (tertiary/aromatic N) is 1. The number of aromatic nitrogens is 2. The molecule has 2 heterocycles. The van der Waals surface area contributed by atoms with Gasteiger partial charge in [0, 0.05) is 9.77 Å². The number of rotatable bonds is 1. The second-order valence-corrected chi connectivity index (χ2v) is 4.64. The first-order valence-corrected chi connectivity index (χ1v) is 5.89. The van der Waals surface area contributed by atoms with Crippen LogP contribution in [0.2, 0.25) is 0 Å². The molecule has 0 fully saturated rings. The summed E-state index contributed by atoms with van der Waals surface area (Å²) in [4.78, 5) is 30.5. The number of pyridine rings is 2. The smallest absolute Gasteiger partial charge is 0.343 e. The number of esters is 1. The number of ether oxygens (including phenoxy) is 1. The standard InChI is InChI=1S/C11H9IN2O3/c1-5-8(12)3-6-9(15)7(11(16)17-2)4-13-10(6)14-5/h3-4H,1-2H3,(H,13,14,15). The number of fused-ring (bicyclic) bond motifs is 1. The number of methoxy groups -OCH3 is 1. The zero-order chi connectivity index (χ0) is 12.6. The third kappa shape index (κ3) is 2.04. The summed E-state index contributed by atoms with van der Waals surface area (Å²) in [6, 6.07) is 1.71. The van der Waals surface area contributed by atoms with Gasteiger partial charge in [0.1, 0.15) is 11.2 Å². The van der Waals surface area contributed by atoms with Gasteiger partial charge >= 0.3 is 5.97 Å². The highest BCUT2D eigenvalue weighted by Gasteiger charge is 2.14. The second-order valence-electron chi connectivity index (χ2n) is 3.47. The van der Waals surface area contributed by atoms with Gasteiger partial charge in [0.2, 0.25) is 5.43 Å². The van der Waals surface area contributed by atoms with E-state index in [9.17, 15) is 9.59 Å². The quantitative estimate of drug-likeness (QED) is 0.630. The molecular formula is C11H9IN2O3. The Morgan fingerprint density at radius 3 is 2.88 bits per heavy atom. The average Bonchev–Trinajstić information content (AvgIpc) is 2.31. The molecule has 1 N–H and O–H groups in total. The summed E-state index contributed by atoms with van der Waals surface area (Å²) in [5.41, 5.74) is 0.928. The second kappa shape index (κ2) is 4.44. The zero-order valence-corrected chi connectivity index (χ0v) is 11.4. The first-order valence-electron chi connectivity index (χ1n) is 4.81. The lowest BCUT2D eigenvalue weighted by molar-refractivity contribution is 0.0599. The number of hydrogen-bond acceptors (Lipinski definition) is 4. The molecule has 2 aromatic rings. The zero-order valence-electron chi connectivity index (χ0n) is 9.20. The van der Waals surface area contributed by atoms with Crippen LogP contribution in [0.15, 0.2) is 17.1 Å². The molecule has 6 heteroatoms. The van der Waals surface area contributed by atoms with E-state index >= 15 is 0 Å². The Kier molecular flexibility index (Phi) is 3.14. The molecule has 0 radical (unpaired) electrons. The van der Waals surface area contributed by atoms with E-state index in [0.717, 1.165) is 9.26 Å². The van der Waals surface area contributed by atoms with Crippen molar-refractivity contribution >= 4 is 39.6 Å². The number of halogens is 1. The minimum Gasteiger partial charge on any atom is -0.465 e. The largest absolute Gasteiger partial charge is 0.465 e. The Hall–Kier alpha value is -1.44. The first-order chi connectivity index (χ1) is 8.04. The summed E-state index contributed by atoms with van der Waals surface area (Å²) in [6.45, 7) is 1.85.